The quantitative estimate of drug-likeness (QED) is 0.450. The maximum atomic E-state index is 13.7. The zero-order chi connectivity index (χ0) is 15.8. The summed E-state index contributed by atoms with van der Waals surface area (Å²) in [5.41, 5.74) is -1.41. The van der Waals surface area contributed by atoms with Crippen LogP contribution in [0.15, 0.2) is 17.7 Å². The first kappa shape index (κ1) is 14.7. The lowest BCUT2D eigenvalue weighted by Crippen LogP contribution is -2.41. The third-order valence-electron chi connectivity index (χ3n) is 2.65. The minimum absolute atomic E-state index is 0.366. The van der Waals surface area contributed by atoms with Gasteiger partial charge in [-0.3, -0.25) is 0 Å². The van der Waals surface area contributed by atoms with Crippen LogP contribution in [-0.4, -0.2) is 17.7 Å². The van der Waals surface area contributed by atoms with Gasteiger partial charge in [0, 0.05) is 19.4 Å². The van der Waals surface area contributed by atoms with E-state index in [1.54, 1.807) is 0 Å². The van der Waals surface area contributed by atoms with E-state index in [-0.39, 0.29) is 5.56 Å². The SMILES string of the molecule is CC1(C)OC(=O)C(=Cc2ccc(C#N)c(F)c2F)C(=O)O1. The Balaban J connectivity index is 2.46. The molecular weight excluding hydrogens is 284 g/mol. The van der Waals surface area contributed by atoms with Crippen LogP contribution >= 0.6 is 0 Å². The van der Waals surface area contributed by atoms with E-state index in [1.807, 2.05) is 0 Å². The molecule has 5 nitrogen and oxygen atoms in total. The van der Waals surface area contributed by atoms with Crippen molar-refractivity contribution < 1.29 is 27.8 Å². The smallest absolute Gasteiger partial charge is 0.348 e. The predicted octanol–water partition coefficient (Wildman–Crippen LogP) is 2.06. The van der Waals surface area contributed by atoms with E-state index < -0.39 is 40.5 Å². The monoisotopic (exact) mass is 293 g/mol. The Kier molecular flexibility index (Phi) is 3.47. The number of carbonyl (C=O) groups excluding carboxylic acids is 2. The molecular formula is C14H9F2NO4. The van der Waals surface area contributed by atoms with Crippen LogP contribution in [0.4, 0.5) is 8.78 Å². The van der Waals surface area contributed by atoms with Crippen LogP contribution in [0.2, 0.25) is 0 Å². The Bertz CT molecular complexity index is 694. The molecule has 1 saturated heterocycles. The molecule has 7 heteroatoms. The van der Waals surface area contributed by atoms with Crippen molar-refractivity contribution in [2.24, 2.45) is 0 Å². The van der Waals surface area contributed by atoms with Crippen molar-refractivity contribution in [1.29, 1.82) is 5.26 Å². The second-order valence-electron chi connectivity index (χ2n) is 4.68. The molecule has 1 aromatic carbocycles. The van der Waals surface area contributed by atoms with E-state index in [9.17, 15) is 18.4 Å². The first-order valence-electron chi connectivity index (χ1n) is 5.81. The van der Waals surface area contributed by atoms with Gasteiger partial charge in [-0.15, -0.1) is 0 Å². The lowest BCUT2D eigenvalue weighted by Gasteiger charge is -2.29. The topological polar surface area (TPSA) is 76.4 Å². The number of halogens is 2. The van der Waals surface area contributed by atoms with E-state index in [0.29, 0.717) is 0 Å². The molecule has 1 aliphatic heterocycles. The lowest BCUT2D eigenvalue weighted by molar-refractivity contribution is -0.222. The number of hydrogen-bond donors (Lipinski definition) is 0. The van der Waals surface area contributed by atoms with Gasteiger partial charge in [-0.05, 0) is 12.1 Å². The standard InChI is InChI=1S/C14H9F2NO4/c1-14(2)20-12(18)9(13(19)21-14)5-7-3-4-8(6-17)11(16)10(7)15/h3-5H,1-2H3. The third-order valence-corrected chi connectivity index (χ3v) is 2.65. The largest absolute Gasteiger partial charge is 0.419 e. The van der Waals surface area contributed by atoms with Crippen molar-refractivity contribution in [1.82, 2.24) is 0 Å². The third kappa shape index (κ3) is 2.74. The fourth-order valence-electron chi connectivity index (χ4n) is 1.70. The Morgan fingerprint density at radius 2 is 1.71 bits per heavy atom. The maximum absolute atomic E-state index is 13.7. The Hall–Kier alpha value is -2.75. The van der Waals surface area contributed by atoms with Crippen LogP contribution in [0.25, 0.3) is 6.08 Å². The van der Waals surface area contributed by atoms with Crippen molar-refractivity contribution in [2.45, 2.75) is 19.6 Å². The molecule has 0 aliphatic carbocycles. The zero-order valence-electron chi connectivity index (χ0n) is 11.1. The summed E-state index contributed by atoms with van der Waals surface area (Å²) in [6.07, 6.45) is 0.819. The highest BCUT2D eigenvalue weighted by Gasteiger charge is 2.39. The second kappa shape index (κ2) is 4.98. The number of hydrogen-bond acceptors (Lipinski definition) is 5. The normalized spacial score (nSPS) is 16.8. The summed E-state index contributed by atoms with van der Waals surface area (Å²) in [6, 6.07) is 3.59. The molecule has 0 unspecified atom stereocenters. The lowest BCUT2D eigenvalue weighted by atomic mass is 10.1. The molecule has 0 atom stereocenters. The first-order chi connectivity index (χ1) is 9.75. The number of rotatable bonds is 1. The minimum Gasteiger partial charge on any atom is -0.419 e. The van der Waals surface area contributed by atoms with Gasteiger partial charge in [0.05, 0.1) is 5.56 Å². The number of ether oxygens (including phenoxy) is 2. The average molecular weight is 293 g/mol. The number of carbonyl (C=O) groups is 2. The average Bonchev–Trinajstić information content (AvgIpc) is 2.37. The van der Waals surface area contributed by atoms with E-state index in [0.717, 1.165) is 18.2 Å². The Morgan fingerprint density at radius 3 is 2.24 bits per heavy atom. The fraction of sp³-hybridized carbons (Fsp3) is 0.214. The van der Waals surface area contributed by atoms with Crippen LogP contribution in [0.5, 0.6) is 0 Å². The summed E-state index contributed by atoms with van der Waals surface area (Å²) >= 11 is 0. The fourth-order valence-corrected chi connectivity index (χ4v) is 1.70. The summed E-state index contributed by atoms with van der Waals surface area (Å²) < 4.78 is 36.9. The predicted molar refractivity (Wildman–Crippen MR) is 65.3 cm³/mol. The van der Waals surface area contributed by atoms with Crippen LogP contribution in [0.3, 0.4) is 0 Å². The maximum Gasteiger partial charge on any atom is 0.348 e. The highest BCUT2D eigenvalue weighted by molar-refractivity contribution is 6.18. The van der Waals surface area contributed by atoms with Crippen molar-refractivity contribution in [2.75, 3.05) is 0 Å². The van der Waals surface area contributed by atoms with Gasteiger partial charge in [0.2, 0.25) is 0 Å². The highest BCUT2D eigenvalue weighted by Crippen LogP contribution is 2.25. The molecule has 0 N–H and O–H groups in total. The van der Waals surface area contributed by atoms with E-state index in [2.05, 4.69) is 0 Å². The van der Waals surface area contributed by atoms with Crippen molar-refractivity contribution in [3.05, 3.63) is 40.5 Å². The van der Waals surface area contributed by atoms with E-state index >= 15 is 0 Å². The molecule has 1 aliphatic rings. The molecule has 0 radical (unpaired) electrons. The second-order valence-corrected chi connectivity index (χ2v) is 4.68. The van der Waals surface area contributed by atoms with Gasteiger partial charge >= 0.3 is 11.9 Å². The molecule has 0 spiro atoms. The van der Waals surface area contributed by atoms with Gasteiger partial charge in [0.1, 0.15) is 11.6 Å². The van der Waals surface area contributed by atoms with Crippen molar-refractivity contribution >= 4 is 18.0 Å². The number of nitrogens with zero attached hydrogens (tertiary/aromatic N) is 1. The summed E-state index contributed by atoms with van der Waals surface area (Å²) in [7, 11) is 0. The van der Waals surface area contributed by atoms with Gasteiger partial charge in [-0.25, -0.2) is 18.4 Å². The zero-order valence-corrected chi connectivity index (χ0v) is 11.1. The number of cyclic esters (lactones) is 2. The number of benzene rings is 1. The summed E-state index contributed by atoms with van der Waals surface area (Å²) in [5.74, 6) is -6.11. The van der Waals surface area contributed by atoms with Gasteiger partial charge in [0.15, 0.2) is 11.6 Å². The van der Waals surface area contributed by atoms with Crippen LogP contribution in [0, 0.1) is 23.0 Å². The van der Waals surface area contributed by atoms with Gasteiger partial charge in [0.25, 0.3) is 5.79 Å². The molecule has 0 amide bonds. The summed E-state index contributed by atoms with van der Waals surface area (Å²) in [6.45, 7) is 2.73. The van der Waals surface area contributed by atoms with Crippen LogP contribution < -0.4 is 0 Å². The van der Waals surface area contributed by atoms with E-state index in [1.165, 1.54) is 19.9 Å². The summed E-state index contributed by atoms with van der Waals surface area (Å²) in [4.78, 5) is 23.4. The van der Waals surface area contributed by atoms with E-state index in [4.69, 9.17) is 14.7 Å². The first-order valence-corrected chi connectivity index (χ1v) is 5.81. The van der Waals surface area contributed by atoms with Gasteiger partial charge in [-0.1, -0.05) is 6.07 Å². The highest BCUT2D eigenvalue weighted by atomic mass is 19.2. The van der Waals surface area contributed by atoms with Crippen LogP contribution in [0.1, 0.15) is 25.0 Å². The number of nitriles is 1. The Labute approximate surface area is 118 Å². The van der Waals surface area contributed by atoms with Gasteiger partial charge in [-0.2, -0.15) is 5.26 Å². The molecule has 0 bridgehead atoms. The molecule has 1 fully saturated rings. The van der Waals surface area contributed by atoms with Crippen molar-refractivity contribution in [3.8, 4) is 6.07 Å². The molecule has 0 saturated carbocycles. The Morgan fingerprint density at radius 1 is 1.14 bits per heavy atom. The summed E-state index contributed by atoms with van der Waals surface area (Å²) in [5, 5.41) is 8.58. The molecule has 0 aromatic heterocycles. The van der Waals surface area contributed by atoms with Crippen LogP contribution in [-0.2, 0) is 19.1 Å². The number of esters is 2. The molecule has 2 rings (SSSR count). The molecule has 1 aromatic rings. The molecule has 1 heterocycles. The molecule has 108 valence electrons. The molecule has 21 heavy (non-hydrogen) atoms. The van der Waals surface area contributed by atoms with Crippen molar-refractivity contribution in [3.63, 3.8) is 0 Å². The van der Waals surface area contributed by atoms with Gasteiger partial charge < -0.3 is 9.47 Å². The minimum atomic E-state index is -1.42.